The Labute approximate surface area is 143 Å². The van der Waals surface area contributed by atoms with E-state index in [-0.39, 0.29) is 12.0 Å². The molecule has 1 saturated heterocycles. The van der Waals surface area contributed by atoms with Crippen molar-refractivity contribution in [1.29, 1.82) is 0 Å². The molecule has 0 radical (unpaired) electrons. The highest BCUT2D eigenvalue weighted by atomic mass is 16.2. The molecule has 24 heavy (non-hydrogen) atoms. The fraction of sp³-hybridized carbons (Fsp3) is 0.500. The van der Waals surface area contributed by atoms with Gasteiger partial charge < -0.3 is 9.88 Å². The molecule has 2 aliphatic rings. The fourth-order valence-corrected chi connectivity index (χ4v) is 4.16. The predicted octanol–water partition coefficient (Wildman–Crippen LogP) is 4.32. The van der Waals surface area contributed by atoms with Crippen molar-refractivity contribution >= 4 is 5.91 Å². The Balaban J connectivity index is 1.57. The van der Waals surface area contributed by atoms with E-state index in [4.69, 9.17) is 0 Å². The van der Waals surface area contributed by atoms with Crippen molar-refractivity contribution in [1.82, 2.24) is 14.9 Å². The molecule has 1 aliphatic carbocycles. The van der Waals surface area contributed by atoms with Crippen LogP contribution in [0, 0.1) is 5.92 Å². The van der Waals surface area contributed by atoms with E-state index in [9.17, 15) is 4.79 Å². The summed E-state index contributed by atoms with van der Waals surface area (Å²) in [6, 6.07) is 10.4. The van der Waals surface area contributed by atoms with E-state index >= 15 is 0 Å². The van der Waals surface area contributed by atoms with Gasteiger partial charge in [-0.05, 0) is 37.7 Å². The first-order chi connectivity index (χ1) is 11.8. The van der Waals surface area contributed by atoms with E-state index in [1.807, 2.05) is 24.4 Å². The van der Waals surface area contributed by atoms with E-state index < -0.39 is 0 Å². The molecule has 1 atom stereocenters. The Hall–Kier alpha value is -2.10. The summed E-state index contributed by atoms with van der Waals surface area (Å²) in [5, 5.41) is 0. The van der Waals surface area contributed by atoms with Crippen LogP contribution in [0.2, 0.25) is 0 Å². The molecule has 1 amide bonds. The number of hydrogen-bond donors (Lipinski definition) is 1. The number of nitrogens with zero attached hydrogens (tertiary/aromatic N) is 2. The van der Waals surface area contributed by atoms with Crippen molar-refractivity contribution in [2.75, 3.05) is 6.54 Å². The zero-order valence-electron chi connectivity index (χ0n) is 14.1. The van der Waals surface area contributed by atoms with Crippen LogP contribution < -0.4 is 0 Å². The quantitative estimate of drug-likeness (QED) is 0.914. The average molecular weight is 323 g/mol. The summed E-state index contributed by atoms with van der Waals surface area (Å²) in [5.74, 6) is 1.55. The molecule has 1 aromatic carbocycles. The maximum atomic E-state index is 12.9. The molecule has 2 fully saturated rings. The van der Waals surface area contributed by atoms with Crippen LogP contribution in [0.1, 0.15) is 56.8 Å². The molecule has 126 valence electrons. The largest absolute Gasteiger partial charge is 0.340 e. The first kappa shape index (κ1) is 15.4. The van der Waals surface area contributed by atoms with Gasteiger partial charge >= 0.3 is 0 Å². The third-order valence-corrected chi connectivity index (χ3v) is 5.49. The van der Waals surface area contributed by atoms with Crippen LogP contribution in [0.4, 0.5) is 0 Å². The molecule has 4 rings (SSSR count). The Kier molecular flexibility index (Phi) is 4.37. The van der Waals surface area contributed by atoms with E-state index in [0.29, 0.717) is 5.91 Å². The highest BCUT2D eigenvalue weighted by molar-refractivity contribution is 5.79. The number of rotatable bonds is 3. The van der Waals surface area contributed by atoms with Gasteiger partial charge in [0.15, 0.2) is 0 Å². The van der Waals surface area contributed by atoms with Gasteiger partial charge in [-0.3, -0.25) is 4.79 Å². The van der Waals surface area contributed by atoms with Crippen LogP contribution >= 0.6 is 0 Å². The minimum absolute atomic E-state index is 0.115. The lowest BCUT2D eigenvalue weighted by molar-refractivity contribution is -0.139. The highest BCUT2D eigenvalue weighted by Crippen LogP contribution is 2.35. The van der Waals surface area contributed by atoms with Crippen LogP contribution in [0.25, 0.3) is 11.3 Å². The zero-order valence-corrected chi connectivity index (χ0v) is 14.1. The van der Waals surface area contributed by atoms with Crippen LogP contribution in [0.3, 0.4) is 0 Å². The van der Waals surface area contributed by atoms with E-state index in [2.05, 4.69) is 27.0 Å². The second-order valence-electron chi connectivity index (χ2n) is 7.07. The lowest BCUT2D eigenvalue weighted by atomic mass is 9.98. The van der Waals surface area contributed by atoms with Gasteiger partial charge in [0.05, 0.1) is 17.9 Å². The summed E-state index contributed by atoms with van der Waals surface area (Å²) in [6.45, 7) is 0.876. The maximum Gasteiger partial charge on any atom is 0.226 e. The summed E-state index contributed by atoms with van der Waals surface area (Å²) in [7, 11) is 0. The third-order valence-electron chi connectivity index (χ3n) is 5.49. The van der Waals surface area contributed by atoms with Crippen molar-refractivity contribution in [3.8, 4) is 11.3 Å². The SMILES string of the molecule is O=C(C1CCCC1)N1CCCCC1c1ncc(-c2ccccc2)[nH]1. The molecule has 2 heterocycles. The van der Waals surface area contributed by atoms with Gasteiger partial charge in [-0.25, -0.2) is 4.98 Å². The van der Waals surface area contributed by atoms with Crippen molar-refractivity contribution in [2.24, 2.45) is 5.92 Å². The van der Waals surface area contributed by atoms with Gasteiger partial charge in [0.1, 0.15) is 5.82 Å². The fourth-order valence-electron chi connectivity index (χ4n) is 4.16. The van der Waals surface area contributed by atoms with Crippen molar-refractivity contribution < 1.29 is 4.79 Å². The maximum absolute atomic E-state index is 12.9. The molecule has 1 saturated carbocycles. The predicted molar refractivity (Wildman–Crippen MR) is 94.3 cm³/mol. The molecule has 2 aromatic rings. The van der Waals surface area contributed by atoms with Gasteiger partial charge in [-0.2, -0.15) is 0 Å². The minimum Gasteiger partial charge on any atom is -0.340 e. The Bertz CT molecular complexity index is 688. The summed E-state index contributed by atoms with van der Waals surface area (Å²) in [5.41, 5.74) is 2.17. The summed E-state index contributed by atoms with van der Waals surface area (Å²) >= 11 is 0. The second kappa shape index (κ2) is 6.80. The lowest BCUT2D eigenvalue weighted by Gasteiger charge is -2.36. The molecule has 1 unspecified atom stereocenters. The zero-order chi connectivity index (χ0) is 16.4. The number of amides is 1. The van der Waals surface area contributed by atoms with Gasteiger partial charge in [-0.15, -0.1) is 0 Å². The number of carbonyl (C=O) groups is 1. The van der Waals surface area contributed by atoms with E-state index in [1.54, 1.807) is 0 Å². The smallest absolute Gasteiger partial charge is 0.226 e. The van der Waals surface area contributed by atoms with E-state index in [0.717, 1.165) is 49.3 Å². The number of likely N-dealkylation sites (tertiary alicyclic amines) is 1. The monoisotopic (exact) mass is 323 g/mol. The number of carbonyl (C=O) groups excluding carboxylic acids is 1. The Morgan fingerprint density at radius 3 is 2.58 bits per heavy atom. The van der Waals surface area contributed by atoms with Crippen molar-refractivity contribution in [2.45, 2.75) is 51.0 Å². The van der Waals surface area contributed by atoms with Crippen LogP contribution in [0.5, 0.6) is 0 Å². The standard InChI is InChI=1S/C20H25N3O/c24-20(16-10-4-5-11-16)23-13-7-6-12-18(23)19-21-14-17(22-19)15-8-2-1-3-9-15/h1-3,8-9,14,16,18H,4-7,10-13H2,(H,21,22). The summed E-state index contributed by atoms with van der Waals surface area (Å²) in [4.78, 5) is 23.1. The molecule has 4 nitrogen and oxygen atoms in total. The second-order valence-corrected chi connectivity index (χ2v) is 7.07. The molecule has 0 bridgehead atoms. The molecular weight excluding hydrogens is 298 g/mol. The minimum atomic E-state index is 0.115. The van der Waals surface area contributed by atoms with Crippen LogP contribution in [-0.4, -0.2) is 27.3 Å². The number of benzene rings is 1. The third kappa shape index (κ3) is 2.97. The Morgan fingerprint density at radius 1 is 1.04 bits per heavy atom. The first-order valence-corrected chi connectivity index (χ1v) is 9.24. The van der Waals surface area contributed by atoms with Gasteiger partial charge in [0.2, 0.25) is 5.91 Å². The lowest BCUT2D eigenvalue weighted by Crippen LogP contribution is -2.41. The summed E-state index contributed by atoms with van der Waals surface area (Å²) < 4.78 is 0. The Morgan fingerprint density at radius 2 is 1.79 bits per heavy atom. The normalized spacial score (nSPS) is 22.0. The molecule has 4 heteroatoms. The molecule has 1 aromatic heterocycles. The van der Waals surface area contributed by atoms with Crippen LogP contribution in [-0.2, 0) is 4.79 Å². The number of H-pyrrole nitrogens is 1. The molecule has 1 aliphatic heterocycles. The number of aromatic amines is 1. The first-order valence-electron chi connectivity index (χ1n) is 9.24. The number of aromatic nitrogens is 2. The van der Waals surface area contributed by atoms with E-state index in [1.165, 1.54) is 19.3 Å². The van der Waals surface area contributed by atoms with Gasteiger partial charge in [0, 0.05) is 12.5 Å². The summed E-state index contributed by atoms with van der Waals surface area (Å²) in [6.07, 6.45) is 9.73. The number of piperidine rings is 1. The molecule has 0 spiro atoms. The number of hydrogen-bond acceptors (Lipinski definition) is 2. The van der Waals surface area contributed by atoms with Crippen molar-refractivity contribution in [3.05, 3.63) is 42.4 Å². The number of nitrogens with one attached hydrogen (secondary N) is 1. The molecule has 1 N–H and O–H groups in total. The van der Waals surface area contributed by atoms with Gasteiger partial charge in [-0.1, -0.05) is 43.2 Å². The topological polar surface area (TPSA) is 49.0 Å². The average Bonchev–Trinajstić information content (AvgIpc) is 3.34. The molecular formula is C20H25N3O. The van der Waals surface area contributed by atoms with Crippen LogP contribution in [0.15, 0.2) is 36.5 Å². The van der Waals surface area contributed by atoms with Gasteiger partial charge in [0.25, 0.3) is 0 Å². The van der Waals surface area contributed by atoms with Crippen molar-refractivity contribution in [3.63, 3.8) is 0 Å². The highest BCUT2D eigenvalue weighted by Gasteiger charge is 2.34. The number of imidazole rings is 1.